The first-order valence-corrected chi connectivity index (χ1v) is 10.1. The molecule has 1 aliphatic rings. The highest BCUT2D eigenvalue weighted by Gasteiger charge is 2.22. The molecule has 0 aliphatic carbocycles. The fraction of sp³-hybridized carbons (Fsp3) is 0.435. The first-order chi connectivity index (χ1) is 14.0. The van der Waals surface area contributed by atoms with Crippen LogP contribution in [0.1, 0.15) is 29.8 Å². The quantitative estimate of drug-likeness (QED) is 0.737. The van der Waals surface area contributed by atoms with Crippen molar-refractivity contribution >= 4 is 5.91 Å². The third-order valence-corrected chi connectivity index (χ3v) is 4.78. The van der Waals surface area contributed by atoms with E-state index in [4.69, 9.17) is 9.47 Å². The summed E-state index contributed by atoms with van der Waals surface area (Å²) < 4.78 is 24.7. The van der Waals surface area contributed by atoms with Gasteiger partial charge >= 0.3 is 0 Å². The number of amides is 1. The molecule has 0 radical (unpaired) electrons. The fourth-order valence-corrected chi connectivity index (χ4v) is 3.41. The Morgan fingerprint density at radius 2 is 2.00 bits per heavy atom. The molecule has 3 rings (SSSR count). The van der Waals surface area contributed by atoms with Crippen molar-refractivity contribution < 1.29 is 18.7 Å². The molecular weight excluding hydrogens is 371 g/mol. The van der Waals surface area contributed by atoms with E-state index in [2.05, 4.69) is 24.1 Å². The predicted molar refractivity (Wildman–Crippen MR) is 111 cm³/mol. The minimum Gasteiger partial charge on any atom is -0.488 e. The summed E-state index contributed by atoms with van der Waals surface area (Å²) in [5, 5.41) is 2.97. The highest BCUT2D eigenvalue weighted by atomic mass is 19.1. The maximum absolute atomic E-state index is 13.0. The van der Waals surface area contributed by atoms with E-state index in [1.807, 2.05) is 6.07 Å². The second-order valence-electron chi connectivity index (χ2n) is 7.77. The van der Waals surface area contributed by atoms with Crippen molar-refractivity contribution in [2.24, 2.45) is 5.92 Å². The summed E-state index contributed by atoms with van der Waals surface area (Å²) in [5.74, 6) is 0.628. The number of para-hydroxylation sites is 1. The average Bonchev–Trinajstić information content (AvgIpc) is 2.71. The number of carbonyl (C=O) groups excluding carboxylic acids is 1. The van der Waals surface area contributed by atoms with E-state index in [1.54, 1.807) is 30.3 Å². The first-order valence-electron chi connectivity index (χ1n) is 10.1. The van der Waals surface area contributed by atoms with Gasteiger partial charge in [-0.3, -0.25) is 9.69 Å². The molecular formula is C23H29FN2O3. The highest BCUT2D eigenvalue weighted by molar-refractivity contribution is 5.96. The molecule has 0 aromatic heterocycles. The number of nitrogens with zero attached hydrogens (tertiary/aromatic N) is 1. The van der Waals surface area contributed by atoms with Gasteiger partial charge in [-0.25, -0.2) is 4.39 Å². The van der Waals surface area contributed by atoms with E-state index in [0.29, 0.717) is 30.4 Å². The van der Waals surface area contributed by atoms with Crippen LogP contribution < -0.4 is 10.1 Å². The van der Waals surface area contributed by atoms with Crippen molar-refractivity contribution in [3.8, 4) is 5.75 Å². The molecule has 0 saturated carbocycles. The normalized spacial score (nSPS) is 17.3. The van der Waals surface area contributed by atoms with Gasteiger partial charge < -0.3 is 14.8 Å². The van der Waals surface area contributed by atoms with Gasteiger partial charge in [0.1, 0.15) is 18.2 Å². The molecule has 1 amide bonds. The fourth-order valence-electron chi connectivity index (χ4n) is 3.41. The van der Waals surface area contributed by atoms with Crippen LogP contribution in [0.4, 0.5) is 4.39 Å². The summed E-state index contributed by atoms with van der Waals surface area (Å²) in [6.07, 6.45) is -0.0151. The van der Waals surface area contributed by atoms with E-state index < -0.39 is 0 Å². The van der Waals surface area contributed by atoms with E-state index in [1.165, 1.54) is 12.1 Å². The van der Waals surface area contributed by atoms with Crippen LogP contribution in [0.25, 0.3) is 0 Å². The number of carbonyl (C=O) groups is 1. The minimum atomic E-state index is -0.287. The van der Waals surface area contributed by atoms with E-state index >= 15 is 0 Å². The molecule has 29 heavy (non-hydrogen) atoms. The number of morpholine rings is 1. The average molecular weight is 400 g/mol. The van der Waals surface area contributed by atoms with Crippen molar-refractivity contribution in [1.29, 1.82) is 0 Å². The number of benzene rings is 2. The molecule has 2 aromatic carbocycles. The Morgan fingerprint density at radius 1 is 1.24 bits per heavy atom. The van der Waals surface area contributed by atoms with Gasteiger partial charge in [0.2, 0.25) is 0 Å². The SMILES string of the molecule is CC(C)CN1CCOC(CNC(=O)c2ccccc2OCc2ccc(F)cc2)C1. The Labute approximate surface area is 171 Å². The van der Waals surface area contributed by atoms with Crippen molar-refractivity contribution in [1.82, 2.24) is 10.2 Å². The predicted octanol–water partition coefficient (Wildman–Crippen LogP) is 3.49. The Kier molecular flexibility index (Phi) is 7.61. The van der Waals surface area contributed by atoms with Crippen LogP contribution in [0.15, 0.2) is 48.5 Å². The number of hydrogen-bond acceptors (Lipinski definition) is 4. The molecule has 1 unspecified atom stereocenters. The summed E-state index contributed by atoms with van der Waals surface area (Å²) >= 11 is 0. The van der Waals surface area contributed by atoms with E-state index in [9.17, 15) is 9.18 Å². The molecule has 0 bridgehead atoms. The lowest BCUT2D eigenvalue weighted by Gasteiger charge is -2.34. The zero-order chi connectivity index (χ0) is 20.6. The van der Waals surface area contributed by atoms with Crippen LogP contribution in [0.3, 0.4) is 0 Å². The second kappa shape index (κ2) is 10.4. The van der Waals surface area contributed by atoms with Crippen molar-refractivity contribution in [3.05, 3.63) is 65.5 Å². The standard InChI is InChI=1S/C23H29FN2O3/c1-17(2)14-26-11-12-28-20(15-26)13-25-23(27)21-5-3-4-6-22(21)29-16-18-7-9-19(24)10-8-18/h3-10,17,20H,11-16H2,1-2H3,(H,25,27). The lowest BCUT2D eigenvalue weighted by atomic mass is 10.1. The minimum absolute atomic E-state index is 0.0151. The van der Waals surface area contributed by atoms with E-state index in [0.717, 1.165) is 25.2 Å². The van der Waals surface area contributed by atoms with Gasteiger partial charge in [-0.05, 0) is 35.7 Å². The molecule has 5 nitrogen and oxygen atoms in total. The topological polar surface area (TPSA) is 50.8 Å². The maximum atomic E-state index is 13.0. The molecule has 1 fully saturated rings. The lowest BCUT2D eigenvalue weighted by Crippen LogP contribution is -2.48. The van der Waals surface area contributed by atoms with Gasteiger partial charge in [-0.15, -0.1) is 0 Å². The highest BCUT2D eigenvalue weighted by Crippen LogP contribution is 2.19. The molecule has 156 valence electrons. The van der Waals surface area contributed by atoms with Crippen LogP contribution in [0.5, 0.6) is 5.75 Å². The number of nitrogens with one attached hydrogen (secondary N) is 1. The van der Waals surface area contributed by atoms with Crippen molar-refractivity contribution in [3.63, 3.8) is 0 Å². The molecule has 1 saturated heterocycles. The van der Waals surface area contributed by atoms with Crippen molar-refractivity contribution in [2.45, 2.75) is 26.6 Å². The molecule has 0 spiro atoms. The van der Waals surface area contributed by atoms with E-state index in [-0.39, 0.29) is 24.4 Å². The van der Waals surface area contributed by atoms with Gasteiger partial charge in [-0.1, -0.05) is 38.1 Å². The summed E-state index contributed by atoms with van der Waals surface area (Å²) in [4.78, 5) is 15.1. The third-order valence-electron chi connectivity index (χ3n) is 4.78. The Morgan fingerprint density at radius 3 is 2.76 bits per heavy atom. The molecule has 1 N–H and O–H groups in total. The zero-order valence-electron chi connectivity index (χ0n) is 17.1. The molecule has 1 aliphatic heterocycles. The summed E-state index contributed by atoms with van der Waals surface area (Å²) in [6, 6.07) is 13.3. The summed E-state index contributed by atoms with van der Waals surface area (Å²) in [6.45, 7) is 8.60. The lowest BCUT2D eigenvalue weighted by molar-refractivity contribution is -0.0295. The van der Waals surface area contributed by atoms with Gasteiger partial charge in [0, 0.05) is 26.2 Å². The van der Waals surface area contributed by atoms with Crippen LogP contribution in [0, 0.1) is 11.7 Å². The van der Waals surface area contributed by atoms with Crippen LogP contribution in [0.2, 0.25) is 0 Å². The Balaban J connectivity index is 1.54. The second-order valence-corrected chi connectivity index (χ2v) is 7.77. The summed E-state index contributed by atoms with van der Waals surface area (Å²) in [5.41, 5.74) is 1.31. The largest absolute Gasteiger partial charge is 0.488 e. The van der Waals surface area contributed by atoms with Crippen LogP contribution in [-0.2, 0) is 11.3 Å². The maximum Gasteiger partial charge on any atom is 0.255 e. The number of hydrogen-bond donors (Lipinski definition) is 1. The van der Waals surface area contributed by atoms with Gasteiger partial charge in [0.05, 0.1) is 18.3 Å². The van der Waals surface area contributed by atoms with Crippen LogP contribution >= 0.6 is 0 Å². The zero-order valence-corrected chi connectivity index (χ0v) is 17.1. The van der Waals surface area contributed by atoms with Gasteiger partial charge in [-0.2, -0.15) is 0 Å². The summed E-state index contributed by atoms with van der Waals surface area (Å²) in [7, 11) is 0. The molecule has 1 atom stereocenters. The van der Waals surface area contributed by atoms with Gasteiger partial charge in [0.25, 0.3) is 5.91 Å². The third kappa shape index (κ3) is 6.54. The Bertz CT molecular complexity index is 795. The smallest absolute Gasteiger partial charge is 0.255 e. The van der Waals surface area contributed by atoms with Gasteiger partial charge in [0.15, 0.2) is 0 Å². The molecule has 6 heteroatoms. The molecule has 2 aromatic rings. The number of halogens is 1. The van der Waals surface area contributed by atoms with Crippen LogP contribution in [-0.4, -0.2) is 49.7 Å². The number of rotatable bonds is 8. The monoisotopic (exact) mass is 400 g/mol. The first kappa shape index (κ1) is 21.3. The Hall–Kier alpha value is -2.44. The van der Waals surface area contributed by atoms with Crippen molar-refractivity contribution in [2.75, 3.05) is 32.8 Å². The molecule has 1 heterocycles. The number of ether oxygens (including phenoxy) is 2.